The summed E-state index contributed by atoms with van der Waals surface area (Å²) in [5.41, 5.74) is 12.4. The highest BCUT2D eigenvalue weighted by molar-refractivity contribution is 5.75. The average Bonchev–Trinajstić information content (AvgIpc) is 2.75. The van der Waals surface area contributed by atoms with Gasteiger partial charge in [0.2, 0.25) is 0 Å². The number of ether oxygens (including phenoxy) is 5. The van der Waals surface area contributed by atoms with Crippen molar-refractivity contribution in [2.45, 2.75) is 26.1 Å². The molecule has 0 fully saturated rings. The second-order valence-corrected chi connectivity index (χ2v) is 6.61. The molecular weight excluding hydrogens is 404 g/mol. The number of nitrogen functional groups attached to an aromatic ring is 2. The maximum atomic E-state index is 11.9. The summed E-state index contributed by atoms with van der Waals surface area (Å²) in [6.45, 7) is 3.61. The number of benzene rings is 2. The van der Waals surface area contributed by atoms with Gasteiger partial charge in [-0.1, -0.05) is 0 Å². The molecule has 2 aromatic carbocycles. The van der Waals surface area contributed by atoms with E-state index in [2.05, 4.69) is 0 Å². The highest BCUT2D eigenvalue weighted by Crippen LogP contribution is 2.16. The molecule has 0 aliphatic carbocycles. The summed E-state index contributed by atoms with van der Waals surface area (Å²) in [5, 5.41) is 0. The zero-order valence-corrected chi connectivity index (χ0v) is 17.6. The Morgan fingerprint density at radius 2 is 1.03 bits per heavy atom. The van der Waals surface area contributed by atoms with E-state index in [1.165, 1.54) is 0 Å². The maximum absolute atomic E-state index is 11.9. The summed E-state index contributed by atoms with van der Waals surface area (Å²) in [6, 6.07) is 13.4. The molecule has 168 valence electrons. The predicted molar refractivity (Wildman–Crippen MR) is 115 cm³/mol. The van der Waals surface area contributed by atoms with Gasteiger partial charge in [-0.3, -0.25) is 0 Å². The third kappa shape index (κ3) is 8.83. The molecule has 2 aromatic rings. The van der Waals surface area contributed by atoms with Gasteiger partial charge in [0.25, 0.3) is 0 Å². The van der Waals surface area contributed by atoms with Gasteiger partial charge in [0.1, 0.15) is 24.7 Å². The van der Waals surface area contributed by atoms with Crippen LogP contribution in [0.2, 0.25) is 0 Å². The van der Waals surface area contributed by atoms with Crippen LogP contribution in [0.4, 0.5) is 11.4 Å². The maximum Gasteiger partial charge on any atom is 0.347 e. The molecule has 0 unspecified atom stereocenters. The second-order valence-electron chi connectivity index (χ2n) is 6.61. The fourth-order valence-corrected chi connectivity index (χ4v) is 2.34. The van der Waals surface area contributed by atoms with Crippen molar-refractivity contribution in [2.24, 2.45) is 0 Å². The lowest BCUT2D eigenvalue weighted by atomic mass is 10.3. The molecule has 9 heteroatoms. The van der Waals surface area contributed by atoms with Crippen molar-refractivity contribution in [2.75, 3.05) is 37.9 Å². The molecule has 0 heterocycles. The summed E-state index contributed by atoms with van der Waals surface area (Å²) in [5.74, 6) is 0.0126. The molecule has 0 radical (unpaired) electrons. The highest BCUT2D eigenvalue weighted by Gasteiger charge is 2.17. The number of nitrogens with two attached hydrogens (primary N) is 2. The van der Waals surface area contributed by atoms with Crippen LogP contribution in [0, 0.1) is 0 Å². The number of esters is 2. The SMILES string of the molecule is C[C@@H](Oc1ccc(N)cc1)C(=O)OCCOCCOC(=O)[C@@H](C)Oc1ccc(N)cc1. The van der Waals surface area contributed by atoms with Crippen molar-refractivity contribution in [3.05, 3.63) is 48.5 Å². The smallest absolute Gasteiger partial charge is 0.347 e. The standard InChI is InChI=1S/C22H28N2O7/c1-15(30-19-7-3-17(23)4-8-19)21(25)28-13-11-27-12-14-29-22(26)16(2)31-20-9-5-18(24)6-10-20/h3-10,15-16H,11-14,23-24H2,1-2H3/t15-,16-/m1/s1. The third-order valence-corrected chi connectivity index (χ3v) is 3.99. The highest BCUT2D eigenvalue weighted by atomic mass is 16.6. The van der Waals surface area contributed by atoms with Gasteiger partial charge in [0, 0.05) is 11.4 Å². The molecule has 0 bridgehead atoms. The van der Waals surface area contributed by atoms with Gasteiger partial charge in [-0.2, -0.15) is 0 Å². The van der Waals surface area contributed by atoms with E-state index in [4.69, 9.17) is 35.2 Å². The summed E-state index contributed by atoms with van der Waals surface area (Å²) in [7, 11) is 0. The first kappa shape index (κ1) is 23.8. The number of hydrogen-bond donors (Lipinski definition) is 2. The molecule has 0 aromatic heterocycles. The summed E-state index contributed by atoms with van der Waals surface area (Å²) in [6.07, 6.45) is -1.54. The van der Waals surface area contributed by atoms with E-state index >= 15 is 0 Å². The van der Waals surface area contributed by atoms with Gasteiger partial charge in [-0.05, 0) is 62.4 Å². The Hall–Kier alpha value is -3.46. The molecule has 0 spiro atoms. The van der Waals surface area contributed by atoms with Gasteiger partial charge >= 0.3 is 11.9 Å². The molecule has 4 N–H and O–H groups in total. The molecule has 31 heavy (non-hydrogen) atoms. The van der Waals surface area contributed by atoms with Crippen LogP contribution in [-0.4, -0.2) is 50.6 Å². The minimum atomic E-state index is -0.771. The first-order valence-corrected chi connectivity index (χ1v) is 9.80. The van der Waals surface area contributed by atoms with E-state index in [1.54, 1.807) is 62.4 Å². The summed E-state index contributed by atoms with van der Waals surface area (Å²) in [4.78, 5) is 23.8. The van der Waals surface area contributed by atoms with Crippen molar-refractivity contribution in [3.8, 4) is 11.5 Å². The van der Waals surface area contributed by atoms with Crippen LogP contribution in [0.1, 0.15) is 13.8 Å². The Bertz CT molecular complexity index is 755. The monoisotopic (exact) mass is 432 g/mol. The van der Waals surface area contributed by atoms with Gasteiger partial charge in [-0.25, -0.2) is 9.59 Å². The average molecular weight is 432 g/mol. The Balaban J connectivity index is 1.53. The van der Waals surface area contributed by atoms with Crippen LogP contribution in [0.3, 0.4) is 0 Å². The predicted octanol–water partition coefficient (Wildman–Crippen LogP) is 2.19. The lowest BCUT2D eigenvalue weighted by Crippen LogP contribution is -2.28. The third-order valence-electron chi connectivity index (χ3n) is 3.99. The quantitative estimate of drug-likeness (QED) is 0.294. The van der Waals surface area contributed by atoms with Gasteiger partial charge in [-0.15, -0.1) is 0 Å². The molecule has 0 saturated heterocycles. The van der Waals surface area contributed by atoms with Crippen molar-refractivity contribution in [1.82, 2.24) is 0 Å². The van der Waals surface area contributed by atoms with Crippen LogP contribution < -0.4 is 20.9 Å². The van der Waals surface area contributed by atoms with Crippen molar-refractivity contribution in [1.29, 1.82) is 0 Å². The normalized spacial score (nSPS) is 12.5. The molecule has 0 aliphatic heterocycles. The van der Waals surface area contributed by atoms with E-state index in [1.807, 2.05) is 0 Å². The minimum Gasteiger partial charge on any atom is -0.479 e. The fourth-order valence-electron chi connectivity index (χ4n) is 2.34. The second kappa shape index (κ2) is 12.3. The summed E-state index contributed by atoms with van der Waals surface area (Å²) < 4.78 is 26.4. The zero-order chi connectivity index (χ0) is 22.6. The van der Waals surface area contributed by atoms with Crippen LogP contribution in [-0.2, 0) is 23.8 Å². The van der Waals surface area contributed by atoms with Crippen LogP contribution in [0.15, 0.2) is 48.5 Å². The topological polar surface area (TPSA) is 132 Å². The molecule has 0 saturated carbocycles. The van der Waals surface area contributed by atoms with Crippen LogP contribution >= 0.6 is 0 Å². The zero-order valence-electron chi connectivity index (χ0n) is 17.6. The Morgan fingerprint density at radius 1 is 0.677 bits per heavy atom. The number of anilines is 2. The molecule has 2 rings (SSSR count). The fraction of sp³-hybridized carbons (Fsp3) is 0.364. The first-order valence-electron chi connectivity index (χ1n) is 9.80. The van der Waals surface area contributed by atoms with Gasteiger partial charge in [0.15, 0.2) is 12.2 Å². The summed E-state index contributed by atoms with van der Waals surface area (Å²) >= 11 is 0. The van der Waals surface area contributed by atoms with E-state index in [0.29, 0.717) is 22.9 Å². The van der Waals surface area contributed by atoms with Crippen molar-refractivity contribution in [3.63, 3.8) is 0 Å². The number of hydrogen-bond acceptors (Lipinski definition) is 9. The Labute approximate surface area is 181 Å². The van der Waals surface area contributed by atoms with Crippen LogP contribution in [0.25, 0.3) is 0 Å². The Morgan fingerprint density at radius 3 is 1.39 bits per heavy atom. The Kier molecular flexibility index (Phi) is 9.44. The van der Waals surface area contributed by atoms with Crippen LogP contribution in [0.5, 0.6) is 11.5 Å². The van der Waals surface area contributed by atoms with Gasteiger partial charge in [0.05, 0.1) is 13.2 Å². The lowest BCUT2D eigenvalue weighted by Gasteiger charge is -2.15. The molecule has 2 atom stereocenters. The molecule has 9 nitrogen and oxygen atoms in total. The van der Waals surface area contributed by atoms with E-state index in [9.17, 15) is 9.59 Å². The largest absolute Gasteiger partial charge is 0.479 e. The van der Waals surface area contributed by atoms with E-state index in [-0.39, 0.29) is 26.4 Å². The molecule has 0 aliphatic rings. The molecular formula is C22H28N2O7. The minimum absolute atomic E-state index is 0.0544. The lowest BCUT2D eigenvalue weighted by molar-refractivity contribution is -0.154. The van der Waals surface area contributed by atoms with Crippen molar-refractivity contribution < 1.29 is 33.3 Å². The van der Waals surface area contributed by atoms with E-state index in [0.717, 1.165) is 0 Å². The van der Waals surface area contributed by atoms with Gasteiger partial charge < -0.3 is 35.2 Å². The first-order chi connectivity index (χ1) is 14.8. The van der Waals surface area contributed by atoms with Crippen molar-refractivity contribution >= 4 is 23.3 Å². The van der Waals surface area contributed by atoms with E-state index < -0.39 is 24.1 Å². The number of carbonyl (C=O) groups is 2. The molecule has 0 amide bonds. The number of carbonyl (C=O) groups excluding carboxylic acids is 2. The number of rotatable bonds is 12.